The SMILES string of the molecule is OCc1cc([C@@H](O)CNCCc2cccc(COCCCc3ccccc3)c2)ccc1O. The lowest BCUT2D eigenvalue weighted by Gasteiger charge is -2.14. The highest BCUT2D eigenvalue weighted by atomic mass is 16.5. The third-order valence-corrected chi connectivity index (χ3v) is 5.44. The zero-order chi connectivity index (χ0) is 22.6. The van der Waals surface area contributed by atoms with E-state index in [1.165, 1.54) is 22.8 Å². The van der Waals surface area contributed by atoms with Gasteiger partial charge >= 0.3 is 0 Å². The molecule has 170 valence electrons. The summed E-state index contributed by atoms with van der Waals surface area (Å²) < 4.78 is 5.85. The molecule has 0 aliphatic rings. The molecule has 0 aliphatic carbocycles. The molecular weight excluding hydrogens is 402 g/mol. The van der Waals surface area contributed by atoms with Crippen LogP contribution < -0.4 is 5.32 Å². The number of ether oxygens (including phenoxy) is 1. The number of aromatic hydroxyl groups is 1. The highest BCUT2D eigenvalue weighted by Crippen LogP contribution is 2.22. The number of aliphatic hydroxyl groups excluding tert-OH is 2. The van der Waals surface area contributed by atoms with Gasteiger partial charge in [-0.25, -0.2) is 0 Å². The third-order valence-electron chi connectivity index (χ3n) is 5.44. The van der Waals surface area contributed by atoms with E-state index in [9.17, 15) is 15.3 Å². The van der Waals surface area contributed by atoms with E-state index in [0.29, 0.717) is 24.3 Å². The Morgan fingerprint density at radius 1 is 0.844 bits per heavy atom. The number of aryl methyl sites for hydroxylation is 1. The summed E-state index contributed by atoms with van der Waals surface area (Å²) in [4.78, 5) is 0. The monoisotopic (exact) mass is 435 g/mol. The van der Waals surface area contributed by atoms with Crippen molar-refractivity contribution in [2.45, 2.75) is 38.6 Å². The predicted octanol–water partition coefficient (Wildman–Crippen LogP) is 3.90. The van der Waals surface area contributed by atoms with Gasteiger partial charge in [0, 0.05) is 18.7 Å². The van der Waals surface area contributed by atoms with Crippen LogP contribution in [0.1, 0.15) is 40.3 Å². The molecule has 0 radical (unpaired) electrons. The summed E-state index contributed by atoms with van der Waals surface area (Å²) >= 11 is 0. The fourth-order valence-corrected chi connectivity index (χ4v) is 3.62. The lowest BCUT2D eigenvalue weighted by molar-refractivity contribution is 0.118. The molecule has 3 aromatic carbocycles. The largest absolute Gasteiger partial charge is 0.508 e. The summed E-state index contributed by atoms with van der Waals surface area (Å²) in [7, 11) is 0. The first-order valence-electron chi connectivity index (χ1n) is 11.2. The summed E-state index contributed by atoms with van der Waals surface area (Å²) in [6.07, 6.45) is 2.20. The van der Waals surface area contributed by atoms with Crippen molar-refractivity contribution in [1.82, 2.24) is 5.32 Å². The molecule has 5 heteroatoms. The zero-order valence-electron chi connectivity index (χ0n) is 18.4. The maximum absolute atomic E-state index is 10.3. The number of rotatable bonds is 13. The molecule has 0 heterocycles. The number of hydrogen-bond donors (Lipinski definition) is 4. The second-order valence-electron chi connectivity index (χ2n) is 7.98. The van der Waals surface area contributed by atoms with Gasteiger partial charge in [0.1, 0.15) is 5.75 Å². The molecule has 0 aliphatic heterocycles. The average molecular weight is 436 g/mol. The van der Waals surface area contributed by atoms with Crippen LogP contribution in [-0.4, -0.2) is 35.0 Å². The molecule has 0 saturated carbocycles. The molecule has 0 saturated heterocycles. The van der Waals surface area contributed by atoms with Crippen molar-refractivity contribution in [3.63, 3.8) is 0 Å². The van der Waals surface area contributed by atoms with E-state index in [2.05, 4.69) is 53.8 Å². The van der Waals surface area contributed by atoms with E-state index in [1.54, 1.807) is 12.1 Å². The predicted molar refractivity (Wildman–Crippen MR) is 126 cm³/mol. The standard InChI is InChI=1S/C27H33NO4/c29-19-25-17-24(11-12-26(25)30)27(31)18-28-14-13-22-8-4-9-23(16-22)20-32-15-5-10-21-6-2-1-3-7-21/h1-4,6-9,11-12,16-17,27-31H,5,10,13-15,18-20H2/t27-/m0/s1. The Morgan fingerprint density at radius 2 is 1.62 bits per heavy atom. The van der Waals surface area contributed by atoms with E-state index >= 15 is 0 Å². The van der Waals surface area contributed by atoms with E-state index in [0.717, 1.165) is 32.4 Å². The number of phenols is 1. The fourth-order valence-electron chi connectivity index (χ4n) is 3.62. The fraction of sp³-hybridized carbons (Fsp3) is 0.333. The van der Waals surface area contributed by atoms with Gasteiger partial charge in [-0.1, -0.05) is 60.7 Å². The van der Waals surface area contributed by atoms with Crippen molar-refractivity contribution in [3.8, 4) is 5.75 Å². The van der Waals surface area contributed by atoms with Crippen LogP contribution in [0.2, 0.25) is 0 Å². The molecule has 0 aromatic heterocycles. The van der Waals surface area contributed by atoms with Crippen molar-refractivity contribution >= 4 is 0 Å². The molecule has 32 heavy (non-hydrogen) atoms. The topological polar surface area (TPSA) is 82.0 Å². The highest BCUT2D eigenvalue weighted by molar-refractivity contribution is 5.36. The minimum Gasteiger partial charge on any atom is -0.508 e. The van der Waals surface area contributed by atoms with Gasteiger partial charge in [-0.2, -0.15) is 0 Å². The van der Waals surface area contributed by atoms with Gasteiger partial charge in [0.15, 0.2) is 0 Å². The molecule has 0 fully saturated rings. The molecule has 0 spiro atoms. The van der Waals surface area contributed by atoms with Gasteiger partial charge in [-0.15, -0.1) is 0 Å². The smallest absolute Gasteiger partial charge is 0.121 e. The maximum atomic E-state index is 10.3. The Hall–Kier alpha value is -2.70. The molecular formula is C27H33NO4. The van der Waals surface area contributed by atoms with E-state index < -0.39 is 6.10 Å². The van der Waals surface area contributed by atoms with Crippen LogP contribution in [0.25, 0.3) is 0 Å². The van der Waals surface area contributed by atoms with Crippen LogP contribution in [0.3, 0.4) is 0 Å². The van der Waals surface area contributed by atoms with Gasteiger partial charge < -0.3 is 25.4 Å². The second kappa shape index (κ2) is 13.0. The van der Waals surface area contributed by atoms with Crippen LogP contribution in [-0.2, 0) is 30.8 Å². The Labute approximate surface area is 190 Å². The summed E-state index contributed by atoms with van der Waals surface area (Å²) in [6.45, 7) is 2.24. The molecule has 3 aromatic rings. The van der Waals surface area contributed by atoms with E-state index in [4.69, 9.17) is 4.74 Å². The lowest BCUT2D eigenvalue weighted by Crippen LogP contribution is -2.23. The van der Waals surface area contributed by atoms with Crippen LogP contribution in [0.15, 0.2) is 72.8 Å². The summed E-state index contributed by atoms with van der Waals surface area (Å²) in [5.74, 6) is 0.0384. The van der Waals surface area contributed by atoms with Crippen molar-refractivity contribution in [2.75, 3.05) is 19.7 Å². The zero-order valence-corrected chi connectivity index (χ0v) is 18.4. The first kappa shape index (κ1) is 24.0. The number of benzene rings is 3. The second-order valence-corrected chi connectivity index (χ2v) is 7.98. The lowest BCUT2D eigenvalue weighted by atomic mass is 10.0. The summed E-state index contributed by atoms with van der Waals surface area (Å²) in [5, 5.41) is 32.5. The van der Waals surface area contributed by atoms with E-state index in [1.807, 2.05) is 6.07 Å². The van der Waals surface area contributed by atoms with Crippen molar-refractivity contribution in [3.05, 3.63) is 101 Å². The van der Waals surface area contributed by atoms with Crippen molar-refractivity contribution < 1.29 is 20.1 Å². The van der Waals surface area contributed by atoms with Crippen LogP contribution in [0.5, 0.6) is 5.75 Å². The molecule has 1 atom stereocenters. The first-order valence-corrected chi connectivity index (χ1v) is 11.2. The normalized spacial score (nSPS) is 12.1. The molecule has 4 N–H and O–H groups in total. The Kier molecular flexibility index (Phi) is 9.72. The van der Waals surface area contributed by atoms with Crippen LogP contribution in [0, 0.1) is 0 Å². The molecule has 3 rings (SSSR count). The summed E-state index contributed by atoms with van der Waals surface area (Å²) in [6, 6.07) is 23.7. The quantitative estimate of drug-likeness (QED) is 0.306. The van der Waals surface area contributed by atoms with Gasteiger partial charge in [-0.05, 0) is 60.2 Å². The highest BCUT2D eigenvalue weighted by Gasteiger charge is 2.10. The van der Waals surface area contributed by atoms with Crippen LogP contribution in [0.4, 0.5) is 0 Å². The molecule has 0 bridgehead atoms. The number of aliphatic hydroxyl groups is 2. The average Bonchev–Trinajstić information content (AvgIpc) is 2.83. The number of nitrogens with one attached hydrogen (secondary N) is 1. The summed E-state index contributed by atoms with van der Waals surface area (Å²) in [5.41, 5.74) is 4.83. The molecule has 0 unspecified atom stereocenters. The number of hydrogen-bond acceptors (Lipinski definition) is 5. The van der Waals surface area contributed by atoms with Gasteiger partial charge in [0.25, 0.3) is 0 Å². The van der Waals surface area contributed by atoms with Crippen molar-refractivity contribution in [2.24, 2.45) is 0 Å². The van der Waals surface area contributed by atoms with E-state index in [-0.39, 0.29) is 12.4 Å². The van der Waals surface area contributed by atoms with Crippen LogP contribution >= 0.6 is 0 Å². The first-order chi connectivity index (χ1) is 15.7. The molecule has 5 nitrogen and oxygen atoms in total. The van der Waals surface area contributed by atoms with Gasteiger partial charge in [0.2, 0.25) is 0 Å². The third kappa shape index (κ3) is 7.77. The van der Waals surface area contributed by atoms with Gasteiger partial charge in [0.05, 0.1) is 19.3 Å². The maximum Gasteiger partial charge on any atom is 0.121 e. The molecule has 0 amide bonds. The Balaban J connectivity index is 1.34. The van der Waals surface area contributed by atoms with Gasteiger partial charge in [-0.3, -0.25) is 0 Å². The van der Waals surface area contributed by atoms with Crippen molar-refractivity contribution in [1.29, 1.82) is 0 Å². The Morgan fingerprint density at radius 3 is 2.44 bits per heavy atom. The Bertz CT molecular complexity index is 945. The minimum atomic E-state index is -0.698. The minimum absolute atomic E-state index is 0.0384.